The van der Waals surface area contributed by atoms with E-state index < -0.39 is 51.9 Å². The van der Waals surface area contributed by atoms with Crippen molar-refractivity contribution in [3.63, 3.8) is 0 Å². The first-order chi connectivity index (χ1) is 8.84. The quantitative estimate of drug-likeness (QED) is 0.376. The third-order valence-corrected chi connectivity index (χ3v) is 2.30. The highest BCUT2D eigenvalue weighted by Crippen LogP contribution is 2.33. The van der Waals surface area contributed by atoms with E-state index in [0.29, 0.717) is 12.3 Å². The van der Waals surface area contributed by atoms with Crippen molar-refractivity contribution in [3.8, 4) is 16.9 Å². The lowest BCUT2D eigenvalue weighted by Gasteiger charge is -2.09. The highest BCUT2D eigenvalue weighted by molar-refractivity contribution is 5.66. The van der Waals surface area contributed by atoms with Gasteiger partial charge >= 0.3 is 0 Å². The van der Waals surface area contributed by atoms with Crippen LogP contribution in [0.2, 0.25) is 0 Å². The van der Waals surface area contributed by atoms with Crippen LogP contribution in [0.4, 0.5) is 26.3 Å². The zero-order chi connectivity index (χ0) is 14.3. The van der Waals surface area contributed by atoms with Gasteiger partial charge in [0.15, 0.2) is 23.3 Å². The Morgan fingerprint density at radius 2 is 1.26 bits per heavy atom. The molecule has 0 spiro atoms. The van der Waals surface area contributed by atoms with Crippen molar-refractivity contribution < 1.29 is 31.4 Å². The molecule has 0 fully saturated rings. The van der Waals surface area contributed by atoms with E-state index in [-0.39, 0.29) is 0 Å². The minimum Gasteiger partial charge on any atom is -0.506 e. The average Bonchev–Trinajstić information content (AvgIpc) is 2.38. The summed E-state index contributed by atoms with van der Waals surface area (Å²) in [7, 11) is 0. The summed E-state index contributed by atoms with van der Waals surface area (Å²) in [5, 5.41) is 9.04. The van der Waals surface area contributed by atoms with Gasteiger partial charge in [0.25, 0.3) is 0 Å². The highest BCUT2D eigenvalue weighted by atomic mass is 19.2. The minimum absolute atomic E-state index is 0.501. The monoisotopic (exact) mass is 279 g/mol. The number of rotatable bonds is 1. The van der Waals surface area contributed by atoms with Crippen LogP contribution in [0.5, 0.6) is 5.75 Å². The second-order valence-corrected chi connectivity index (χ2v) is 3.48. The van der Waals surface area contributed by atoms with Gasteiger partial charge in [-0.1, -0.05) is 0 Å². The van der Waals surface area contributed by atoms with Crippen LogP contribution in [0.15, 0.2) is 12.3 Å². The molecular formula is C11H3F6NO. The first kappa shape index (κ1) is 13.2. The minimum atomic E-state index is -2.35. The largest absolute Gasteiger partial charge is 0.506 e. The maximum absolute atomic E-state index is 13.4. The second-order valence-electron chi connectivity index (χ2n) is 3.48. The number of hydrogen-bond donors (Lipinski definition) is 1. The Morgan fingerprint density at radius 3 is 1.79 bits per heavy atom. The molecule has 2 nitrogen and oxygen atoms in total. The van der Waals surface area contributed by atoms with Gasteiger partial charge in [-0.3, -0.25) is 0 Å². The molecular weight excluding hydrogens is 276 g/mol. The summed E-state index contributed by atoms with van der Waals surface area (Å²) in [6.07, 6.45) is 0.616. The lowest BCUT2D eigenvalue weighted by atomic mass is 10.0. The third kappa shape index (κ3) is 1.98. The number of aromatic nitrogens is 1. The molecule has 1 N–H and O–H groups in total. The Hall–Kier alpha value is -2.25. The Bertz CT molecular complexity index is 644. The van der Waals surface area contributed by atoms with Crippen molar-refractivity contribution in [1.29, 1.82) is 0 Å². The van der Waals surface area contributed by atoms with Gasteiger partial charge in [-0.25, -0.2) is 26.9 Å². The van der Waals surface area contributed by atoms with Crippen molar-refractivity contribution in [3.05, 3.63) is 47.3 Å². The van der Waals surface area contributed by atoms with Crippen LogP contribution < -0.4 is 0 Å². The Balaban J connectivity index is 2.87. The molecule has 0 aliphatic carbocycles. The molecule has 1 aromatic heterocycles. The number of aromatic hydroxyl groups is 1. The van der Waals surface area contributed by atoms with Crippen LogP contribution in [0.25, 0.3) is 11.1 Å². The van der Waals surface area contributed by atoms with Crippen molar-refractivity contribution in [2.24, 2.45) is 0 Å². The van der Waals surface area contributed by atoms with Crippen LogP contribution in [0, 0.1) is 35.0 Å². The van der Waals surface area contributed by atoms with E-state index in [4.69, 9.17) is 5.11 Å². The Kier molecular flexibility index (Phi) is 3.09. The molecule has 0 saturated carbocycles. The number of hydrogen-bond acceptors (Lipinski definition) is 2. The van der Waals surface area contributed by atoms with Crippen molar-refractivity contribution >= 4 is 0 Å². The van der Waals surface area contributed by atoms with Crippen LogP contribution in [0.1, 0.15) is 0 Å². The zero-order valence-electron chi connectivity index (χ0n) is 8.82. The predicted octanol–water partition coefficient (Wildman–Crippen LogP) is 3.29. The molecule has 2 aromatic rings. The van der Waals surface area contributed by atoms with E-state index in [0.717, 1.165) is 0 Å². The molecule has 1 heterocycles. The topological polar surface area (TPSA) is 33.1 Å². The molecule has 0 atom stereocenters. The first-order valence-electron chi connectivity index (χ1n) is 4.71. The summed E-state index contributed by atoms with van der Waals surface area (Å²) in [4.78, 5) is 2.93. The van der Waals surface area contributed by atoms with Crippen molar-refractivity contribution in [2.75, 3.05) is 0 Å². The van der Waals surface area contributed by atoms with Gasteiger partial charge in [0.2, 0.25) is 11.8 Å². The molecule has 0 bridgehead atoms. The summed E-state index contributed by atoms with van der Waals surface area (Å²) in [6.45, 7) is 0. The molecule has 0 saturated heterocycles. The highest BCUT2D eigenvalue weighted by Gasteiger charge is 2.28. The van der Waals surface area contributed by atoms with Crippen LogP contribution in [-0.2, 0) is 0 Å². The van der Waals surface area contributed by atoms with Gasteiger partial charge in [0.1, 0.15) is 5.75 Å². The van der Waals surface area contributed by atoms with Gasteiger partial charge < -0.3 is 5.11 Å². The number of benzene rings is 1. The molecule has 100 valence electrons. The normalized spacial score (nSPS) is 10.8. The molecule has 0 radical (unpaired) electrons. The fourth-order valence-corrected chi connectivity index (χ4v) is 1.45. The Morgan fingerprint density at radius 1 is 0.789 bits per heavy atom. The van der Waals surface area contributed by atoms with Gasteiger partial charge in [0, 0.05) is 5.56 Å². The molecule has 8 heteroatoms. The lowest BCUT2D eigenvalue weighted by molar-refractivity contribution is 0.380. The summed E-state index contributed by atoms with van der Waals surface area (Å²) >= 11 is 0. The third-order valence-electron chi connectivity index (χ3n) is 2.30. The first-order valence-corrected chi connectivity index (χ1v) is 4.71. The Labute approximate surface area is 101 Å². The second kappa shape index (κ2) is 4.45. The molecule has 2 rings (SSSR count). The predicted molar refractivity (Wildman–Crippen MR) is 51.1 cm³/mol. The van der Waals surface area contributed by atoms with Gasteiger partial charge in [0.05, 0.1) is 11.8 Å². The van der Waals surface area contributed by atoms with Gasteiger partial charge in [-0.05, 0) is 6.07 Å². The van der Waals surface area contributed by atoms with Crippen molar-refractivity contribution in [1.82, 2.24) is 4.98 Å². The number of halogens is 6. The maximum Gasteiger partial charge on any atom is 0.221 e. The smallest absolute Gasteiger partial charge is 0.221 e. The van der Waals surface area contributed by atoms with Crippen LogP contribution in [0.3, 0.4) is 0 Å². The average molecular weight is 279 g/mol. The summed E-state index contributed by atoms with van der Waals surface area (Å²) in [5.74, 6) is -13.4. The SMILES string of the molecule is Oc1cnc(F)c(-c2c(F)c(F)c(F)c(F)c2F)c1. The summed E-state index contributed by atoms with van der Waals surface area (Å²) < 4.78 is 78.8. The fraction of sp³-hybridized carbons (Fsp3) is 0. The molecule has 0 unspecified atom stereocenters. The molecule has 0 amide bonds. The van der Waals surface area contributed by atoms with E-state index in [1.807, 2.05) is 0 Å². The van der Waals surface area contributed by atoms with Crippen LogP contribution in [-0.4, -0.2) is 10.1 Å². The van der Waals surface area contributed by atoms with E-state index >= 15 is 0 Å². The van der Waals surface area contributed by atoms with Gasteiger partial charge in [-0.2, -0.15) is 4.39 Å². The molecule has 0 aliphatic heterocycles. The zero-order valence-corrected chi connectivity index (χ0v) is 8.82. The summed E-state index contributed by atoms with van der Waals surface area (Å²) in [5.41, 5.74) is -2.52. The fourth-order valence-electron chi connectivity index (χ4n) is 1.45. The number of nitrogens with zero attached hydrogens (tertiary/aromatic N) is 1. The lowest BCUT2D eigenvalue weighted by Crippen LogP contribution is -2.05. The summed E-state index contributed by atoms with van der Waals surface area (Å²) in [6, 6.07) is 0.501. The maximum atomic E-state index is 13.4. The standard InChI is InChI=1S/C11H3F6NO/c12-6-5(4-1-3(19)2-18-11(4)17)7(13)9(15)10(16)8(6)14/h1-2,19H. The van der Waals surface area contributed by atoms with Gasteiger partial charge in [-0.15, -0.1) is 0 Å². The molecule has 0 aliphatic rings. The van der Waals surface area contributed by atoms with E-state index in [2.05, 4.69) is 4.98 Å². The van der Waals surface area contributed by atoms with E-state index in [1.165, 1.54) is 0 Å². The van der Waals surface area contributed by atoms with E-state index in [9.17, 15) is 26.3 Å². The van der Waals surface area contributed by atoms with Crippen LogP contribution >= 0.6 is 0 Å². The number of pyridine rings is 1. The van der Waals surface area contributed by atoms with E-state index in [1.54, 1.807) is 0 Å². The van der Waals surface area contributed by atoms with Crippen molar-refractivity contribution in [2.45, 2.75) is 0 Å². The molecule has 1 aromatic carbocycles. The molecule has 19 heavy (non-hydrogen) atoms.